The van der Waals surface area contributed by atoms with Crippen LogP contribution in [-0.4, -0.2) is 16.2 Å². The predicted molar refractivity (Wildman–Crippen MR) is 119 cm³/mol. The van der Waals surface area contributed by atoms with Gasteiger partial charge in [0.2, 0.25) is 0 Å². The molecule has 2 heterocycles. The Morgan fingerprint density at radius 2 is 2.10 bits per heavy atom. The molecule has 30 heavy (non-hydrogen) atoms. The molecule has 0 aromatic carbocycles. The van der Waals surface area contributed by atoms with E-state index in [-0.39, 0.29) is 22.9 Å². The van der Waals surface area contributed by atoms with Crippen molar-refractivity contribution in [2.75, 3.05) is 11.9 Å². The Morgan fingerprint density at radius 3 is 2.70 bits per heavy atom. The first kappa shape index (κ1) is 23.0. The summed E-state index contributed by atoms with van der Waals surface area (Å²) in [5.74, 6) is 0.679. The van der Waals surface area contributed by atoms with Crippen molar-refractivity contribution in [3.05, 3.63) is 80.3 Å². The van der Waals surface area contributed by atoms with Gasteiger partial charge in [0.05, 0.1) is 18.9 Å². The van der Waals surface area contributed by atoms with Gasteiger partial charge in [0, 0.05) is 18.3 Å². The largest absolute Gasteiger partial charge is 0.501 e. The number of halogens is 1. The maximum atomic E-state index is 12.4. The monoisotopic (exact) mass is 428 g/mol. The smallest absolute Gasteiger partial charge is 0.274 e. The summed E-state index contributed by atoms with van der Waals surface area (Å²) in [5.41, 5.74) is 2.45. The molecule has 8 heteroatoms. The van der Waals surface area contributed by atoms with E-state index >= 15 is 0 Å². The molecule has 1 aliphatic rings. The van der Waals surface area contributed by atoms with Crippen molar-refractivity contribution in [1.29, 1.82) is 5.26 Å². The lowest BCUT2D eigenvalue weighted by Crippen LogP contribution is -2.26. The minimum Gasteiger partial charge on any atom is -0.501 e. The minimum atomic E-state index is -0.376. The lowest BCUT2D eigenvalue weighted by Gasteiger charge is -2.15. The lowest BCUT2D eigenvalue weighted by molar-refractivity contribution is 0.237. The Kier molecular flexibility index (Phi) is 8.51. The molecule has 0 aliphatic heterocycles. The highest BCUT2D eigenvalue weighted by atomic mass is 35.5. The second-order valence-corrected chi connectivity index (χ2v) is 7.21. The second-order valence-electron chi connectivity index (χ2n) is 6.91. The van der Waals surface area contributed by atoms with Gasteiger partial charge in [-0.15, -0.1) is 0 Å². The van der Waals surface area contributed by atoms with Gasteiger partial charge >= 0.3 is 0 Å². The Bertz CT molecular complexity index is 1060. The number of ether oxygens (including phenoxy) is 1. The third-order valence-corrected chi connectivity index (χ3v) is 4.59. The predicted octanol–water partition coefficient (Wildman–Crippen LogP) is 3.88. The van der Waals surface area contributed by atoms with E-state index in [0.29, 0.717) is 22.9 Å². The van der Waals surface area contributed by atoms with Crippen LogP contribution in [0.4, 0.5) is 5.69 Å². The van der Waals surface area contributed by atoms with Gasteiger partial charge in [-0.3, -0.25) is 9.59 Å². The summed E-state index contributed by atoms with van der Waals surface area (Å²) in [7, 11) is 1.54. The number of anilines is 1. The lowest BCUT2D eigenvalue weighted by atomic mass is 10.1. The second kappa shape index (κ2) is 11.1. The van der Waals surface area contributed by atoms with Crippen LogP contribution < -0.4 is 16.4 Å². The van der Waals surface area contributed by atoms with Crippen LogP contribution >= 0.6 is 11.6 Å². The Hall–Kier alpha value is -3.24. The van der Waals surface area contributed by atoms with E-state index in [4.69, 9.17) is 21.6 Å². The van der Waals surface area contributed by atoms with Crippen LogP contribution in [0.2, 0.25) is 0 Å². The van der Waals surface area contributed by atoms with Crippen LogP contribution in [0.15, 0.2) is 52.2 Å². The summed E-state index contributed by atoms with van der Waals surface area (Å²) >= 11 is 4.76. The van der Waals surface area contributed by atoms with Gasteiger partial charge in [-0.05, 0) is 61.6 Å². The summed E-state index contributed by atoms with van der Waals surface area (Å²) in [6.07, 6.45) is 5.78. The van der Waals surface area contributed by atoms with Crippen molar-refractivity contribution in [3.8, 4) is 6.07 Å². The summed E-state index contributed by atoms with van der Waals surface area (Å²) in [5, 5.41) is 12.0. The number of aromatic nitrogens is 2. The zero-order valence-electron chi connectivity index (χ0n) is 17.0. The molecule has 0 saturated heterocycles. The van der Waals surface area contributed by atoms with E-state index in [0.717, 1.165) is 6.61 Å². The highest BCUT2D eigenvalue weighted by Crippen LogP contribution is 2.28. The molecule has 1 atom stereocenters. The van der Waals surface area contributed by atoms with Gasteiger partial charge in [-0.1, -0.05) is 18.2 Å². The molecule has 7 nitrogen and oxygen atoms in total. The first-order valence-electron chi connectivity index (χ1n) is 9.50. The molecule has 1 fully saturated rings. The quantitative estimate of drug-likeness (QED) is 0.652. The maximum Gasteiger partial charge on any atom is 0.274 e. The van der Waals surface area contributed by atoms with E-state index in [1.54, 1.807) is 43.5 Å². The normalized spacial score (nSPS) is 13.7. The van der Waals surface area contributed by atoms with Crippen LogP contribution in [0.5, 0.6) is 0 Å². The highest BCUT2D eigenvalue weighted by molar-refractivity contribution is 6.25. The number of nitriles is 1. The SMILES string of the molecule is C=CCl.CC(Nc1ccc(C#N)n(C)c1=O)c1ccc(/C=C/OCC2CC2)[nH]c1=O. The van der Waals surface area contributed by atoms with Gasteiger partial charge in [-0.2, -0.15) is 5.26 Å². The Morgan fingerprint density at radius 1 is 1.40 bits per heavy atom. The van der Waals surface area contributed by atoms with E-state index in [1.165, 1.54) is 30.0 Å². The minimum absolute atomic E-state index is 0.232. The van der Waals surface area contributed by atoms with Gasteiger partial charge in [-0.25, -0.2) is 0 Å². The topological polar surface area (TPSA) is 99.9 Å². The van der Waals surface area contributed by atoms with Crippen molar-refractivity contribution in [1.82, 2.24) is 9.55 Å². The van der Waals surface area contributed by atoms with Crippen molar-refractivity contribution in [2.45, 2.75) is 25.8 Å². The first-order chi connectivity index (χ1) is 14.4. The summed E-state index contributed by atoms with van der Waals surface area (Å²) in [6.45, 7) is 5.65. The number of pyridine rings is 2. The fraction of sp³-hybridized carbons (Fsp3) is 0.318. The van der Waals surface area contributed by atoms with Gasteiger partial charge < -0.3 is 19.6 Å². The molecule has 1 saturated carbocycles. The first-order valence-corrected chi connectivity index (χ1v) is 9.94. The van der Waals surface area contributed by atoms with Crippen molar-refractivity contribution < 1.29 is 4.74 Å². The molecule has 2 N–H and O–H groups in total. The zero-order chi connectivity index (χ0) is 22.1. The van der Waals surface area contributed by atoms with Crippen molar-refractivity contribution in [3.63, 3.8) is 0 Å². The number of nitrogens with zero attached hydrogens (tertiary/aromatic N) is 2. The Balaban J connectivity index is 0.00000101. The third-order valence-electron chi connectivity index (χ3n) is 4.59. The number of aromatic amines is 1. The van der Waals surface area contributed by atoms with Crippen molar-refractivity contribution in [2.24, 2.45) is 13.0 Å². The zero-order valence-corrected chi connectivity index (χ0v) is 17.8. The standard InChI is InChI=1S/C20H22N4O3.C2H3Cl/c1-13(22-18-8-6-16(11-21)24(2)20(18)26)17-7-5-15(23-19(17)25)9-10-27-12-14-3-4-14;1-2-3/h5-10,13-14,22H,3-4,12H2,1-2H3,(H,23,25);2H,1H2/b10-9+;. The van der Waals surface area contributed by atoms with Gasteiger partial charge in [0.25, 0.3) is 11.1 Å². The molecular formula is C22H25ClN4O3. The van der Waals surface area contributed by atoms with Crippen LogP contribution in [0.25, 0.3) is 6.08 Å². The number of H-pyrrole nitrogens is 1. The van der Waals surface area contributed by atoms with E-state index in [9.17, 15) is 9.59 Å². The highest BCUT2D eigenvalue weighted by Gasteiger charge is 2.21. The van der Waals surface area contributed by atoms with Crippen LogP contribution in [0, 0.1) is 17.2 Å². The summed E-state index contributed by atoms with van der Waals surface area (Å²) < 4.78 is 6.70. The average molecular weight is 429 g/mol. The molecular weight excluding hydrogens is 404 g/mol. The van der Waals surface area contributed by atoms with Crippen LogP contribution in [0.3, 0.4) is 0 Å². The molecule has 0 amide bonds. The molecule has 3 rings (SSSR count). The molecule has 158 valence electrons. The van der Waals surface area contributed by atoms with Gasteiger partial charge in [0.15, 0.2) is 0 Å². The molecule has 1 aliphatic carbocycles. The van der Waals surface area contributed by atoms with E-state index in [2.05, 4.69) is 16.9 Å². The molecule has 0 radical (unpaired) electrons. The van der Waals surface area contributed by atoms with Crippen LogP contribution in [-0.2, 0) is 11.8 Å². The van der Waals surface area contributed by atoms with E-state index < -0.39 is 0 Å². The number of hydrogen-bond acceptors (Lipinski definition) is 5. The van der Waals surface area contributed by atoms with Crippen molar-refractivity contribution >= 4 is 23.4 Å². The number of rotatable bonds is 7. The Labute approximate surface area is 180 Å². The molecule has 0 bridgehead atoms. The van der Waals surface area contributed by atoms with E-state index in [1.807, 2.05) is 6.07 Å². The summed E-state index contributed by atoms with van der Waals surface area (Å²) in [4.78, 5) is 27.5. The maximum absolute atomic E-state index is 12.4. The average Bonchev–Trinajstić information content (AvgIpc) is 3.54. The van der Waals surface area contributed by atoms with Gasteiger partial charge in [0.1, 0.15) is 17.5 Å². The molecule has 2 aromatic heterocycles. The fourth-order valence-corrected chi connectivity index (χ4v) is 2.70. The summed E-state index contributed by atoms with van der Waals surface area (Å²) in [6, 6.07) is 8.22. The molecule has 2 aromatic rings. The molecule has 0 spiro atoms. The number of nitrogens with one attached hydrogen (secondary N) is 2. The van der Waals surface area contributed by atoms with Crippen LogP contribution in [0.1, 0.15) is 42.8 Å². The number of hydrogen-bond donors (Lipinski definition) is 2. The molecule has 1 unspecified atom stereocenters. The third kappa shape index (κ3) is 6.39. The fourth-order valence-electron chi connectivity index (χ4n) is 2.70.